The van der Waals surface area contributed by atoms with Crippen LogP contribution in [0, 0.1) is 0 Å². The first-order valence-corrected chi connectivity index (χ1v) is 13.6. The van der Waals surface area contributed by atoms with Crippen LogP contribution in [0.5, 0.6) is 0 Å². The molecule has 0 atom stereocenters. The SMILES string of the molecule is c1cc2cc(c1)SSc1cccc(c1)SSc1cccc(c1)SS2. The van der Waals surface area contributed by atoms with Crippen molar-refractivity contribution in [3.63, 3.8) is 0 Å². The lowest BCUT2D eigenvalue weighted by molar-refractivity contribution is 1.34. The summed E-state index contributed by atoms with van der Waals surface area (Å²) >= 11 is 0. The van der Waals surface area contributed by atoms with Crippen molar-refractivity contribution >= 4 is 64.8 Å². The summed E-state index contributed by atoms with van der Waals surface area (Å²) in [5.41, 5.74) is 0. The molecule has 0 saturated carbocycles. The van der Waals surface area contributed by atoms with E-state index in [9.17, 15) is 0 Å². The smallest absolute Gasteiger partial charge is 0.0197 e. The van der Waals surface area contributed by atoms with Crippen LogP contribution in [-0.2, 0) is 0 Å². The lowest BCUT2D eigenvalue weighted by atomic mass is 10.4. The van der Waals surface area contributed by atoms with Gasteiger partial charge in [-0.1, -0.05) is 83.0 Å². The largest absolute Gasteiger partial charge is 0.0600 e. The Bertz CT molecular complexity index is 677. The van der Waals surface area contributed by atoms with E-state index in [0.717, 1.165) is 0 Å². The lowest BCUT2D eigenvalue weighted by Gasteiger charge is -2.05. The molecule has 0 spiro atoms. The van der Waals surface area contributed by atoms with Gasteiger partial charge in [0.15, 0.2) is 0 Å². The summed E-state index contributed by atoms with van der Waals surface area (Å²) in [6.07, 6.45) is 0. The van der Waals surface area contributed by atoms with Crippen LogP contribution < -0.4 is 0 Å². The maximum atomic E-state index is 2.27. The first kappa shape index (κ1) is 17.2. The number of benzene rings is 3. The molecule has 0 nitrogen and oxygen atoms in total. The van der Waals surface area contributed by atoms with E-state index in [1.807, 2.05) is 64.8 Å². The second-order valence-corrected chi connectivity index (χ2v) is 11.8. The van der Waals surface area contributed by atoms with Crippen LogP contribution in [-0.4, -0.2) is 0 Å². The molecule has 0 aromatic heterocycles. The third-order valence-corrected chi connectivity index (χ3v) is 10.3. The molecule has 120 valence electrons. The molecule has 3 aromatic carbocycles. The third kappa shape index (κ3) is 4.68. The lowest BCUT2D eigenvalue weighted by Crippen LogP contribution is -1.73. The monoisotopic (exact) mass is 420 g/mol. The molecule has 1 heterocycles. The average Bonchev–Trinajstić information content (AvgIpc) is 2.64. The summed E-state index contributed by atoms with van der Waals surface area (Å²) < 4.78 is 0. The van der Waals surface area contributed by atoms with Crippen LogP contribution in [0.3, 0.4) is 0 Å². The van der Waals surface area contributed by atoms with Crippen molar-refractivity contribution in [2.24, 2.45) is 0 Å². The maximum Gasteiger partial charge on any atom is 0.0197 e. The van der Waals surface area contributed by atoms with E-state index >= 15 is 0 Å². The quantitative estimate of drug-likeness (QED) is 0.332. The highest BCUT2D eigenvalue weighted by Crippen LogP contribution is 2.45. The fourth-order valence-electron chi connectivity index (χ4n) is 2.02. The Kier molecular flexibility index (Phi) is 6.04. The molecule has 0 amide bonds. The van der Waals surface area contributed by atoms with Gasteiger partial charge < -0.3 is 0 Å². The molecule has 24 heavy (non-hydrogen) atoms. The molecule has 0 aliphatic carbocycles. The molecule has 1 aliphatic rings. The Morgan fingerprint density at radius 1 is 0.333 bits per heavy atom. The summed E-state index contributed by atoms with van der Waals surface area (Å²) in [4.78, 5) is 7.76. The number of hydrogen-bond acceptors (Lipinski definition) is 6. The van der Waals surface area contributed by atoms with Crippen molar-refractivity contribution in [1.29, 1.82) is 0 Å². The predicted octanol–water partition coefficient (Wildman–Crippen LogP) is 8.40. The molecule has 0 fully saturated rings. The minimum atomic E-state index is 1.29. The van der Waals surface area contributed by atoms with E-state index in [1.54, 1.807) is 0 Å². The Morgan fingerprint density at radius 3 is 0.750 bits per heavy atom. The van der Waals surface area contributed by atoms with Gasteiger partial charge >= 0.3 is 0 Å². The summed E-state index contributed by atoms with van der Waals surface area (Å²) in [5.74, 6) is 0. The minimum Gasteiger partial charge on any atom is -0.0600 e. The zero-order chi connectivity index (χ0) is 16.2. The summed E-state index contributed by atoms with van der Waals surface area (Å²) in [6.45, 7) is 0. The van der Waals surface area contributed by atoms with Crippen LogP contribution >= 0.6 is 64.8 Å². The van der Waals surface area contributed by atoms with Gasteiger partial charge in [-0.05, 0) is 54.6 Å². The Morgan fingerprint density at radius 2 is 0.542 bits per heavy atom. The van der Waals surface area contributed by atoms with Crippen molar-refractivity contribution in [3.8, 4) is 0 Å². The fraction of sp³-hybridized carbons (Fsp3) is 0. The van der Waals surface area contributed by atoms with Gasteiger partial charge in [-0.15, -0.1) is 0 Å². The number of rotatable bonds is 0. The van der Waals surface area contributed by atoms with Gasteiger partial charge in [0.1, 0.15) is 0 Å². The van der Waals surface area contributed by atoms with Crippen LogP contribution in [0.1, 0.15) is 0 Å². The van der Waals surface area contributed by atoms with Crippen LogP contribution in [0.2, 0.25) is 0 Å². The maximum absolute atomic E-state index is 2.27. The van der Waals surface area contributed by atoms with E-state index in [4.69, 9.17) is 0 Å². The molecule has 1 aliphatic heterocycles. The first-order valence-electron chi connectivity index (χ1n) is 7.19. The van der Waals surface area contributed by atoms with E-state index in [-0.39, 0.29) is 0 Å². The van der Waals surface area contributed by atoms with E-state index in [2.05, 4.69) is 72.8 Å². The fourth-order valence-corrected chi connectivity index (χ4v) is 8.28. The van der Waals surface area contributed by atoms with Crippen molar-refractivity contribution in [2.75, 3.05) is 0 Å². The first-order chi connectivity index (χ1) is 11.8. The second kappa shape index (κ2) is 8.43. The van der Waals surface area contributed by atoms with Gasteiger partial charge in [-0.2, -0.15) is 0 Å². The summed E-state index contributed by atoms with van der Waals surface area (Å²) in [5, 5.41) is 0. The van der Waals surface area contributed by atoms with Crippen LogP contribution in [0.15, 0.2) is 102 Å². The number of hydrogen-bond donors (Lipinski definition) is 0. The summed E-state index contributed by atoms with van der Waals surface area (Å²) in [7, 11) is 10.9. The van der Waals surface area contributed by atoms with Gasteiger partial charge in [0.05, 0.1) is 0 Å². The van der Waals surface area contributed by atoms with Gasteiger partial charge in [0.2, 0.25) is 0 Å². The Labute approximate surface area is 165 Å². The normalized spacial score (nSPS) is 14.5. The summed E-state index contributed by atoms with van der Waals surface area (Å²) in [6, 6.07) is 26.3. The Hall–Kier alpha value is -0.240. The topological polar surface area (TPSA) is 0 Å². The van der Waals surface area contributed by atoms with Gasteiger partial charge in [0, 0.05) is 29.4 Å². The molecule has 0 radical (unpaired) electrons. The van der Waals surface area contributed by atoms with E-state index in [1.165, 1.54) is 29.4 Å². The van der Waals surface area contributed by atoms with Gasteiger partial charge in [-0.25, -0.2) is 0 Å². The molecule has 0 unspecified atom stereocenters. The molecule has 0 saturated heterocycles. The molecular formula is C18H12S6. The van der Waals surface area contributed by atoms with Crippen molar-refractivity contribution < 1.29 is 0 Å². The minimum absolute atomic E-state index is 1.29. The van der Waals surface area contributed by atoms with Crippen molar-refractivity contribution in [1.82, 2.24) is 0 Å². The molecule has 4 rings (SSSR count). The molecular weight excluding hydrogens is 409 g/mol. The molecule has 3 aromatic rings. The van der Waals surface area contributed by atoms with Crippen LogP contribution in [0.25, 0.3) is 0 Å². The second-order valence-electron chi connectivity index (χ2n) is 4.92. The number of fused-ring (bicyclic) bond motifs is 6. The highest BCUT2D eigenvalue weighted by molar-refractivity contribution is 8.77. The van der Waals surface area contributed by atoms with Crippen molar-refractivity contribution in [2.45, 2.75) is 29.4 Å². The average molecular weight is 421 g/mol. The third-order valence-electron chi connectivity index (χ3n) is 3.12. The highest BCUT2D eigenvalue weighted by Gasteiger charge is 2.06. The van der Waals surface area contributed by atoms with E-state index in [0.29, 0.717) is 0 Å². The van der Waals surface area contributed by atoms with Crippen molar-refractivity contribution in [3.05, 3.63) is 72.8 Å². The standard InChI is InChI=1S/C18H12S6/c1-4-13-10-14(5-1)20-22-16-7-3-9-18(12-16)24-23-17-8-2-6-15(11-17)21-19-13/h1-12H. The van der Waals surface area contributed by atoms with Gasteiger partial charge in [-0.3, -0.25) is 0 Å². The zero-order valence-electron chi connectivity index (χ0n) is 12.4. The van der Waals surface area contributed by atoms with Gasteiger partial charge in [0.25, 0.3) is 0 Å². The molecule has 6 heteroatoms. The van der Waals surface area contributed by atoms with E-state index < -0.39 is 0 Å². The predicted molar refractivity (Wildman–Crippen MR) is 114 cm³/mol. The molecule has 6 bridgehead atoms. The zero-order valence-corrected chi connectivity index (χ0v) is 17.3. The molecule has 0 N–H and O–H groups in total. The van der Waals surface area contributed by atoms with Crippen LogP contribution in [0.4, 0.5) is 0 Å². The Balaban J connectivity index is 1.68. The highest BCUT2D eigenvalue weighted by atomic mass is 33.1.